The summed E-state index contributed by atoms with van der Waals surface area (Å²) in [5.74, 6) is 0. The molecule has 1 aromatic rings. The maximum absolute atomic E-state index is 4.13. The molecular weight excluding hydrogens is 149 g/mol. The van der Waals surface area contributed by atoms with Gasteiger partial charge in [-0.15, -0.1) is 6.07 Å². The van der Waals surface area contributed by atoms with Crippen LogP contribution in [0.25, 0.3) is 0 Å². The van der Waals surface area contributed by atoms with E-state index in [0.29, 0.717) is 0 Å². The van der Waals surface area contributed by atoms with Gasteiger partial charge in [-0.05, 0) is 6.20 Å². The van der Waals surface area contributed by atoms with Gasteiger partial charge in [0.15, 0.2) is 0 Å². The SMILES string of the molecule is [CH2-]c1cccnc1CC.[K+]. The van der Waals surface area contributed by atoms with Crippen molar-refractivity contribution in [1.29, 1.82) is 0 Å². The first-order chi connectivity index (χ1) is 4.34. The van der Waals surface area contributed by atoms with Crippen molar-refractivity contribution >= 4 is 0 Å². The van der Waals surface area contributed by atoms with Gasteiger partial charge in [-0.1, -0.05) is 19.0 Å². The number of hydrogen-bond donors (Lipinski definition) is 0. The van der Waals surface area contributed by atoms with Crippen molar-refractivity contribution in [3.63, 3.8) is 0 Å². The van der Waals surface area contributed by atoms with Gasteiger partial charge < -0.3 is 4.98 Å². The molecule has 1 heterocycles. The van der Waals surface area contributed by atoms with Crippen molar-refractivity contribution in [3.8, 4) is 0 Å². The van der Waals surface area contributed by atoms with Crippen LogP contribution >= 0.6 is 0 Å². The van der Waals surface area contributed by atoms with E-state index >= 15 is 0 Å². The predicted molar refractivity (Wildman–Crippen MR) is 38.1 cm³/mol. The van der Waals surface area contributed by atoms with Crippen LogP contribution < -0.4 is 51.4 Å². The van der Waals surface area contributed by atoms with Crippen LogP contribution in [0.5, 0.6) is 0 Å². The molecule has 0 radical (unpaired) electrons. The van der Waals surface area contributed by atoms with Gasteiger partial charge in [-0.2, -0.15) is 18.6 Å². The van der Waals surface area contributed by atoms with Crippen molar-refractivity contribution in [2.24, 2.45) is 0 Å². The zero-order valence-electron chi connectivity index (χ0n) is 6.59. The van der Waals surface area contributed by atoms with Gasteiger partial charge in [0.25, 0.3) is 0 Å². The number of hydrogen-bond acceptors (Lipinski definition) is 1. The zero-order valence-corrected chi connectivity index (χ0v) is 9.72. The van der Waals surface area contributed by atoms with Crippen LogP contribution in [0.1, 0.15) is 18.2 Å². The first kappa shape index (κ1) is 10.7. The largest absolute Gasteiger partial charge is 1.00 e. The Hall–Kier alpha value is 0.656. The van der Waals surface area contributed by atoms with Crippen LogP contribution in [-0.2, 0) is 6.42 Å². The van der Waals surface area contributed by atoms with Crippen LogP contribution in [0.4, 0.5) is 0 Å². The Morgan fingerprint density at radius 1 is 1.60 bits per heavy atom. The zero-order chi connectivity index (χ0) is 6.69. The number of nitrogens with zero attached hydrogens (tertiary/aromatic N) is 1. The van der Waals surface area contributed by atoms with Gasteiger partial charge in [0.2, 0.25) is 0 Å². The van der Waals surface area contributed by atoms with E-state index in [2.05, 4.69) is 18.8 Å². The molecule has 0 atom stereocenters. The minimum atomic E-state index is 0. The molecule has 0 aromatic carbocycles. The third-order valence-corrected chi connectivity index (χ3v) is 1.32. The first-order valence-electron chi connectivity index (χ1n) is 3.10. The van der Waals surface area contributed by atoms with Gasteiger partial charge in [-0.25, -0.2) is 0 Å². The van der Waals surface area contributed by atoms with E-state index in [1.165, 1.54) is 0 Å². The molecule has 0 bridgehead atoms. The normalized spacial score (nSPS) is 8.50. The average molecular weight is 159 g/mol. The predicted octanol–water partition coefficient (Wildman–Crippen LogP) is -1.17. The summed E-state index contributed by atoms with van der Waals surface area (Å²) in [6.07, 6.45) is 2.77. The third kappa shape index (κ3) is 2.72. The fraction of sp³-hybridized carbons (Fsp3) is 0.250. The summed E-state index contributed by atoms with van der Waals surface area (Å²) in [6.45, 7) is 5.91. The molecule has 0 N–H and O–H groups in total. The summed E-state index contributed by atoms with van der Waals surface area (Å²) in [5, 5.41) is 0. The smallest absolute Gasteiger partial charge is 0.326 e. The van der Waals surface area contributed by atoms with Crippen LogP contribution in [0.3, 0.4) is 0 Å². The molecule has 1 nitrogen and oxygen atoms in total. The molecule has 0 amide bonds. The topological polar surface area (TPSA) is 12.9 Å². The second kappa shape index (κ2) is 5.33. The average Bonchev–Trinajstić information content (AvgIpc) is 1.89. The second-order valence-corrected chi connectivity index (χ2v) is 1.96. The molecular formula is C8H10KN. The third-order valence-electron chi connectivity index (χ3n) is 1.32. The molecule has 0 spiro atoms. The van der Waals surface area contributed by atoms with E-state index in [9.17, 15) is 0 Å². The number of pyridine rings is 1. The maximum atomic E-state index is 4.13. The fourth-order valence-corrected chi connectivity index (χ4v) is 0.790. The Kier molecular flexibility index (Phi) is 5.68. The molecule has 48 valence electrons. The maximum Gasteiger partial charge on any atom is 1.00 e. The van der Waals surface area contributed by atoms with Crippen LogP contribution in [0, 0.1) is 6.92 Å². The van der Waals surface area contributed by atoms with Crippen molar-refractivity contribution < 1.29 is 51.4 Å². The Labute approximate surface area is 105 Å². The molecule has 2 heteroatoms. The monoisotopic (exact) mass is 159 g/mol. The van der Waals surface area contributed by atoms with E-state index in [4.69, 9.17) is 0 Å². The summed E-state index contributed by atoms with van der Waals surface area (Å²) >= 11 is 0. The molecule has 0 aliphatic carbocycles. The molecule has 1 rings (SSSR count). The summed E-state index contributed by atoms with van der Waals surface area (Å²) in [4.78, 5) is 4.13. The van der Waals surface area contributed by atoms with Crippen molar-refractivity contribution in [3.05, 3.63) is 36.5 Å². The van der Waals surface area contributed by atoms with E-state index in [1.54, 1.807) is 6.20 Å². The molecule has 0 aliphatic heterocycles. The van der Waals surface area contributed by atoms with E-state index in [1.807, 2.05) is 12.1 Å². The Morgan fingerprint density at radius 2 is 2.30 bits per heavy atom. The van der Waals surface area contributed by atoms with Crippen LogP contribution in [-0.4, -0.2) is 4.98 Å². The molecule has 0 saturated heterocycles. The quantitative estimate of drug-likeness (QED) is 0.372. The summed E-state index contributed by atoms with van der Waals surface area (Å²) < 4.78 is 0. The molecule has 10 heavy (non-hydrogen) atoms. The van der Waals surface area contributed by atoms with E-state index < -0.39 is 0 Å². The van der Waals surface area contributed by atoms with Gasteiger partial charge >= 0.3 is 51.4 Å². The fourth-order valence-electron chi connectivity index (χ4n) is 0.790. The summed E-state index contributed by atoms with van der Waals surface area (Å²) in [5.41, 5.74) is 2.14. The molecule has 1 aromatic heterocycles. The Bertz CT molecular complexity index is 198. The van der Waals surface area contributed by atoms with Crippen LogP contribution in [0.2, 0.25) is 0 Å². The standard InChI is InChI=1S/C8H10N.K/c1-3-8-7(2)5-4-6-9-8;/h4-6H,2-3H2,1H3;/q-1;+1. The van der Waals surface area contributed by atoms with Crippen molar-refractivity contribution in [1.82, 2.24) is 4.98 Å². The molecule has 0 aliphatic rings. The minimum absolute atomic E-state index is 0. The Balaban J connectivity index is 0.000000810. The van der Waals surface area contributed by atoms with Crippen molar-refractivity contribution in [2.45, 2.75) is 13.3 Å². The minimum Gasteiger partial charge on any atom is -0.326 e. The number of aryl methyl sites for hydroxylation is 1. The summed E-state index contributed by atoms with van der Waals surface area (Å²) in [6, 6.07) is 3.88. The molecule has 0 saturated carbocycles. The van der Waals surface area contributed by atoms with Gasteiger partial charge in [0.05, 0.1) is 0 Å². The second-order valence-electron chi connectivity index (χ2n) is 1.96. The Morgan fingerprint density at radius 3 is 2.70 bits per heavy atom. The van der Waals surface area contributed by atoms with Crippen LogP contribution in [0.15, 0.2) is 18.3 Å². The van der Waals surface area contributed by atoms with Crippen molar-refractivity contribution in [2.75, 3.05) is 0 Å². The van der Waals surface area contributed by atoms with E-state index in [0.717, 1.165) is 17.7 Å². The van der Waals surface area contributed by atoms with E-state index in [-0.39, 0.29) is 51.4 Å². The molecule has 0 fully saturated rings. The first-order valence-corrected chi connectivity index (χ1v) is 3.10. The number of aromatic nitrogens is 1. The summed E-state index contributed by atoms with van der Waals surface area (Å²) in [7, 11) is 0. The van der Waals surface area contributed by atoms with Gasteiger partial charge in [0.1, 0.15) is 0 Å². The van der Waals surface area contributed by atoms with Gasteiger partial charge in [0, 0.05) is 0 Å². The number of rotatable bonds is 1. The van der Waals surface area contributed by atoms with Gasteiger partial charge in [-0.3, -0.25) is 0 Å². The molecule has 0 unspecified atom stereocenters.